The van der Waals surface area contributed by atoms with Crippen LogP contribution in [0.25, 0.3) is 0 Å². The zero-order valence-corrected chi connectivity index (χ0v) is 12.8. The average Bonchev–Trinajstić information content (AvgIpc) is 2.69. The summed E-state index contributed by atoms with van der Waals surface area (Å²) in [5.41, 5.74) is 0. The molecule has 2 fully saturated rings. The Labute approximate surface area is 126 Å². The smallest absolute Gasteiger partial charge is 0.320 e. The molecule has 0 aliphatic carbocycles. The van der Waals surface area contributed by atoms with Crippen LogP contribution in [0, 0.1) is 0 Å². The number of hydrogen-bond donors (Lipinski definition) is 1. The van der Waals surface area contributed by atoms with Crippen molar-refractivity contribution in [3.05, 3.63) is 0 Å². The molecular weight excluding hydrogens is 272 g/mol. The highest BCUT2D eigenvalue weighted by atomic mass is 16.5. The lowest BCUT2D eigenvalue weighted by molar-refractivity contribution is -0.137. The normalized spacial score (nSPS) is 27.3. The number of carbonyl (C=O) groups excluding carboxylic acids is 1. The van der Waals surface area contributed by atoms with Crippen LogP contribution in [-0.4, -0.2) is 65.3 Å². The van der Waals surface area contributed by atoms with Gasteiger partial charge in [0.2, 0.25) is 0 Å². The molecule has 2 atom stereocenters. The highest BCUT2D eigenvalue weighted by molar-refractivity contribution is 5.75. The van der Waals surface area contributed by atoms with Gasteiger partial charge in [0, 0.05) is 38.7 Å². The summed E-state index contributed by atoms with van der Waals surface area (Å²) >= 11 is 0. The van der Waals surface area contributed by atoms with Gasteiger partial charge in [-0.3, -0.25) is 4.79 Å². The molecule has 0 bridgehead atoms. The van der Waals surface area contributed by atoms with Crippen LogP contribution in [0.1, 0.15) is 45.4 Å². The number of urea groups is 1. The number of carboxylic acids is 1. The van der Waals surface area contributed by atoms with Crippen molar-refractivity contribution in [2.24, 2.45) is 0 Å². The predicted molar refractivity (Wildman–Crippen MR) is 78.2 cm³/mol. The first kappa shape index (κ1) is 16.1. The molecule has 120 valence electrons. The molecule has 2 heterocycles. The summed E-state index contributed by atoms with van der Waals surface area (Å²) < 4.78 is 5.59. The maximum absolute atomic E-state index is 12.8. The van der Waals surface area contributed by atoms with Gasteiger partial charge in [-0.15, -0.1) is 0 Å². The van der Waals surface area contributed by atoms with E-state index in [9.17, 15) is 9.59 Å². The first-order valence-corrected chi connectivity index (χ1v) is 7.97. The SMILES string of the molecule is CC1CN(C(=O)N2CCCCC2CCC(=O)O)CCCO1. The van der Waals surface area contributed by atoms with E-state index in [1.807, 2.05) is 16.7 Å². The highest BCUT2D eigenvalue weighted by Crippen LogP contribution is 2.23. The number of aliphatic carboxylic acids is 1. The van der Waals surface area contributed by atoms with Gasteiger partial charge in [0.15, 0.2) is 0 Å². The quantitative estimate of drug-likeness (QED) is 0.864. The third kappa shape index (κ3) is 4.59. The van der Waals surface area contributed by atoms with Crippen molar-refractivity contribution in [2.45, 2.75) is 57.6 Å². The van der Waals surface area contributed by atoms with Gasteiger partial charge in [-0.25, -0.2) is 4.79 Å². The Morgan fingerprint density at radius 3 is 2.81 bits per heavy atom. The summed E-state index contributed by atoms with van der Waals surface area (Å²) in [6.07, 6.45) is 4.62. The first-order valence-electron chi connectivity index (χ1n) is 7.97. The van der Waals surface area contributed by atoms with E-state index in [2.05, 4.69) is 0 Å². The van der Waals surface area contributed by atoms with Gasteiger partial charge in [-0.2, -0.15) is 0 Å². The van der Waals surface area contributed by atoms with Gasteiger partial charge in [0.05, 0.1) is 6.10 Å². The molecule has 6 heteroatoms. The Balaban J connectivity index is 1.98. The van der Waals surface area contributed by atoms with Crippen molar-refractivity contribution in [2.75, 3.05) is 26.2 Å². The lowest BCUT2D eigenvalue weighted by atomic mass is 9.98. The molecule has 2 rings (SSSR count). The molecule has 2 saturated heterocycles. The second-order valence-corrected chi connectivity index (χ2v) is 6.04. The molecule has 0 saturated carbocycles. The van der Waals surface area contributed by atoms with Crippen LogP contribution in [0.15, 0.2) is 0 Å². The Hall–Kier alpha value is -1.30. The van der Waals surface area contributed by atoms with Crippen molar-refractivity contribution in [1.82, 2.24) is 9.80 Å². The average molecular weight is 298 g/mol. The maximum atomic E-state index is 12.8. The lowest BCUT2D eigenvalue weighted by Crippen LogP contribution is -2.51. The molecule has 0 radical (unpaired) electrons. The summed E-state index contributed by atoms with van der Waals surface area (Å²) in [4.78, 5) is 27.3. The van der Waals surface area contributed by atoms with Gasteiger partial charge < -0.3 is 19.6 Å². The van der Waals surface area contributed by atoms with E-state index in [0.29, 0.717) is 19.6 Å². The maximum Gasteiger partial charge on any atom is 0.320 e. The van der Waals surface area contributed by atoms with Gasteiger partial charge in [-0.1, -0.05) is 0 Å². The van der Waals surface area contributed by atoms with Crippen molar-refractivity contribution < 1.29 is 19.4 Å². The monoisotopic (exact) mass is 298 g/mol. The van der Waals surface area contributed by atoms with Gasteiger partial charge in [0.25, 0.3) is 0 Å². The molecule has 1 N–H and O–H groups in total. The fourth-order valence-electron chi connectivity index (χ4n) is 3.19. The van der Waals surface area contributed by atoms with Crippen LogP contribution in [0.5, 0.6) is 0 Å². The van der Waals surface area contributed by atoms with Crippen LogP contribution in [0.4, 0.5) is 4.79 Å². The second kappa shape index (κ2) is 7.64. The summed E-state index contributed by atoms with van der Waals surface area (Å²) in [6.45, 7) is 4.79. The Morgan fingerprint density at radius 2 is 2.05 bits per heavy atom. The van der Waals surface area contributed by atoms with E-state index in [-0.39, 0.29) is 24.6 Å². The summed E-state index contributed by atoms with van der Waals surface area (Å²) in [5, 5.41) is 8.86. The summed E-state index contributed by atoms with van der Waals surface area (Å²) in [5.74, 6) is -0.787. The van der Waals surface area contributed by atoms with Crippen LogP contribution in [-0.2, 0) is 9.53 Å². The van der Waals surface area contributed by atoms with Crippen LogP contribution >= 0.6 is 0 Å². The number of ether oxygens (including phenoxy) is 1. The summed E-state index contributed by atoms with van der Waals surface area (Å²) in [6, 6.07) is 0.129. The molecule has 2 aliphatic rings. The Bertz CT molecular complexity index is 375. The molecule has 21 heavy (non-hydrogen) atoms. The van der Waals surface area contributed by atoms with Crippen molar-refractivity contribution >= 4 is 12.0 Å². The second-order valence-electron chi connectivity index (χ2n) is 6.04. The number of likely N-dealkylation sites (tertiary alicyclic amines) is 1. The van der Waals surface area contributed by atoms with Crippen LogP contribution < -0.4 is 0 Å². The molecule has 2 unspecified atom stereocenters. The zero-order chi connectivity index (χ0) is 15.2. The fourth-order valence-corrected chi connectivity index (χ4v) is 3.19. The largest absolute Gasteiger partial charge is 0.481 e. The van der Waals surface area contributed by atoms with E-state index in [1.165, 1.54) is 0 Å². The number of rotatable bonds is 3. The fraction of sp³-hybridized carbons (Fsp3) is 0.867. The minimum absolute atomic E-state index is 0.0578. The molecule has 0 aromatic carbocycles. The Morgan fingerprint density at radius 1 is 1.24 bits per heavy atom. The van der Waals surface area contributed by atoms with E-state index in [0.717, 1.165) is 38.8 Å². The van der Waals surface area contributed by atoms with Crippen LogP contribution in [0.3, 0.4) is 0 Å². The van der Waals surface area contributed by atoms with Gasteiger partial charge in [0.1, 0.15) is 0 Å². The van der Waals surface area contributed by atoms with Crippen molar-refractivity contribution in [1.29, 1.82) is 0 Å². The molecule has 6 nitrogen and oxygen atoms in total. The van der Waals surface area contributed by atoms with E-state index in [1.54, 1.807) is 0 Å². The molecule has 2 aliphatic heterocycles. The number of amides is 2. The lowest BCUT2D eigenvalue weighted by Gasteiger charge is -2.39. The third-order valence-electron chi connectivity index (χ3n) is 4.29. The van der Waals surface area contributed by atoms with Crippen molar-refractivity contribution in [3.63, 3.8) is 0 Å². The Kier molecular flexibility index (Phi) is 5.85. The van der Waals surface area contributed by atoms with E-state index in [4.69, 9.17) is 9.84 Å². The number of hydrogen-bond acceptors (Lipinski definition) is 3. The highest BCUT2D eigenvalue weighted by Gasteiger charge is 2.31. The molecule has 2 amide bonds. The minimum Gasteiger partial charge on any atom is -0.481 e. The molecular formula is C15H26N2O4. The van der Waals surface area contributed by atoms with Crippen molar-refractivity contribution in [3.8, 4) is 0 Å². The third-order valence-corrected chi connectivity index (χ3v) is 4.29. The van der Waals surface area contributed by atoms with E-state index < -0.39 is 5.97 Å². The molecule has 0 aromatic rings. The number of carboxylic acid groups (broad SMARTS) is 1. The first-order chi connectivity index (χ1) is 10.1. The standard InChI is InChI=1S/C15H26N2O4/c1-12-11-16(8-4-10-21-12)15(20)17-9-3-2-5-13(17)6-7-14(18)19/h12-13H,2-11H2,1H3,(H,18,19). The van der Waals surface area contributed by atoms with E-state index >= 15 is 0 Å². The molecule has 0 spiro atoms. The molecule has 0 aromatic heterocycles. The number of carbonyl (C=O) groups is 2. The van der Waals surface area contributed by atoms with Gasteiger partial charge in [-0.05, 0) is 39.0 Å². The van der Waals surface area contributed by atoms with Crippen LogP contribution in [0.2, 0.25) is 0 Å². The zero-order valence-electron chi connectivity index (χ0n) is 12.8. The predicted octanol–water partition coefficient (Wildman–Crippen LogP) is 1.94. The number of nitrogens with zero attached hydrogens (tertiary/aromatic N) is 2. The minimum atomic E-state index is -0.787. The topological polar surface area (TPSA) is 70.1 Å². The summed E-state index contributed by atoms with van der Waals surface area (Å²) in [7, 11) is 0. The van der Waals surface area contributed by atoms with Gasteiger partial charge >= 0.3 is 12.0 Å². The number of piperidine rings is 1.